The minimum atomic E-state index is 0.0113. The summed E-state index contributed by atoms with van der Waals surface area (Å²) in [5, 5.41) is 3.16. The molecule has 0 aromatic heterocycles. The van der Waals surface area contributed by atoms with E-state index in [1.807, 2.05) is 61.5 Å². The van der Waals surface area contributed by atoms with E-state index in [-0.39, 0.29) is 12.5 Å². The molecule has 1 N–H and O–H groups in total. The largest absolute Gasteiger partial charge is 0.487 e. The summed E-state index contributed by atoms with van der Waals surface area (Å²) in [7, 11) is 0. The third-order valence-electron chi connectivity index (χ3n) is 3.36. The van der Waals surface area contributed by atoms with Crippen molar-refractivity contribution in [2.24, 2.45) is 0 Å². The van der Waals surface area contributed by atoms with Gasteiger partial charge in [0.2, 0.25) is 5.91 Å². The predicted molar refractivity (Wildman–Crippen MR) is 95.1 cm³/mol. The van der Waals surface area contributed by atoms with Gasteiger partial charge in [-0.15, -0.1) is 0 Å². The molecule has 23 heavy (non-hydrogen) atoms. The van der Waals surface area contributed by atoms with Crippen molar-refractivity contribution in [1.29, 1.82) is 0 Å². The molecule has 2 aromatic rings. The lowest BCUT2D eigenvalue weighted by Crippen LogP contribution is -2.35. The van der Waals surface area contributed by atoms with Crippen LogP contribution in [0.3, 0.4) is 0 Å². The molecule has 0 aliphatic carbocycles. The minimum absolute atomic E-state index is 0.0113. The molecule has 0 bridgehead atoms. The number of ether oxygens (including phenoxy) is 1. The standard InChI is InChI=1S/C19H22N2O2/c1-3-14-23-18-13-9-8-12-17(18)20-15-19(22)21(4-2)16-10-6-5-7-11-16/h3,5-13,20H,1,4,14-15H2,2H3. The van der Waals surface area contributed by atoms with Crippen LogP contribution in [0.25, 0.3) is 0 Å². The van der Waals surface area contributed by atoms with Crippen molar-refractivity contribution in [3.8, 4) is 5.75 Å². The molecule has 120 valence electrons. The third-order valence-corrected chi connectivity index (χ3v) is 3.36. The molecular weight excluding hydrogens is 288 g/mol. The first-order valence-corrected chi connectivity index (χ1v) is 7.68. The van der Waals surface area contributed by atoms with Gasteiger partial charge in [-0.05, 0) is 31.2 Å². The smallest absolute Gasteiger partial charge is 0.246 e. The van der Waals surface area contributed by atoms with Crippen molar-refractivity contribution in [2.45, 2.75) is 6.92 Å². The van der Waals surface area contributed by atoms with E-state index in [2.05, 4.69) is 11.9 Å². The van der Waals surface area contributed by atoms with Gasteiger partial charge in [-0.25, -0.2) is 0 Å². The maximum Gasteiger partial charge on any atom is 0.246 e. The number of hydrogen-bond acceptors (Lipinski definition) is 3. The molecular formula is C19H22N2O2. The Morgan fingerprint density at radius 3 is 2.57 bits per heavy atom. The number of benzene rings is 2. The summed E-state index contributed by atoms with van der Waals surface area (Å²) in [6.45, 7) is 6.86. The molecule has 2 rings (SSSR count). The van der Waals surface area contributed by atoms with E-state index < -0.39 is 0 Å². The lowest BCUT2D eigenvalue weighted by atomic mass is 10.2. The van der Waals surface area contributed by atoms with Gasteiger partial charge in [0.1, 0.15) is 12.4 Å². The normalized spacial score (nSPS) is 9.96. The van der Waals surface area contributed by atoms with Gasteiger partial charge < -0.3 is 15.0 Å². The first-order valence-electron chi connectivity index (χ1n) is 7.68. The Balaban J connectivity index is 2.02. The van der Waals surface area contributed by atoms with Crippen LogP contribution in [0, 0.1) is 0 Å². The number of rotatable bonds is 8. The maximum atomic E-state index is 12.5. The Morgan fingerprint density at radius 2 is 1.87 bits per heavy atom. The van der Waals surface area contributed by atoms with Crippen LogP contribution >= 0.6 is 0 Å². The number of carbonyl (C=O) groups is 1. The summed E-state index contributed by atoms with van der Waals surface area (Å²) in [4.78, 5) is 14.2. The number of nitrogens with one attached hydrogen (secondary N) is 1. The van der Waals surface area contributed by atoms with Crippen LogP contribution < -0.4 is 15.0 Å². The molecule has 0 saturated heterocycles. The second-order valence-electron chi connectivity index (χ2n) is 4.92. The number of para-hydroxylation sites is 3. The van der Waals surface area contributed by atoms with Crippen molar-refractivity contribution >= 4 is 17.3 Å². The highest BCUT2D eigenvalue weighted by molar-refractivity contribution is 5.96. The van der Waals surface area contributed by atoms with E-state index in [4.69, 9.17) is 4.74 Å². The number of hydrogen-bond donors (Lipinski definition) is 1. The zero-order chi connectivity index (χ0) is 16.5. The molecule has 0 unspecified atom stereocenters. The molecule has 4 nitrogen and oxygen atoms in total. The number of nitrogens with zero attached hydrogens (tertiary/aromatic N) is 1. The van der Waals surface area contributed by atoms with E-state index >= 15 is 0 Å². The second-order valence-corrected chi connectivity index (χ2v) is 4.92. The quantitative estimate of drug-likeness (QED) is 0.756. The first kappa shape index (κ1) is 16.6. The van der Waals surface area contributed by atoms with Gasteiger partial charge in [0.15, 0.2) is 0 Å². The summed E-state index contributed by atoms with van der Waals surface area (Å²) in [5.41, 5.74) is 1.70. The van der Waals surface area contributed by atoms with E-state index in [9.17, 15) is 4.79 Å². The molecule has 0 fully saturated rings. The van der Waals surface area contributed by atoms with Crippen molar-refractivity contribution in [3.05, 3.63) is 67.3 Å². The van der Waals surface area contributed by atoms with Crippen LogP contribution in [0.15, 0.2) is 67.3 Å². The summed E-state index contributed by atoms with van der Waals surface area (Å²) in [6.07, 6.45) is 1.69. The lowest BCUT2D eigenvalue weighted by molar-refractivity contribution is -0.116. The fraction of sp³-hybridized carbons (Fsp3) is 0.211. The van der Waals surface area contributed by atoms with Crippen molar-refractivity contribution in [3.63, 3.8) is 0 Å². The zero-order valence-electron chi connectivity index (χ0n) is 13.4. The number of amides is 1. The molecule has 0 spiro atoms. The highest BCUT2D eigenvalue weighted by Crippen LogP contribution is 2.23. The summed E-state index contributed by atoms with van der Waals surface area (Å²) < 4.78 is 5.58. The molecule has 0 atom stereocenters. The van der Waals surface area contributed by atoms with Crippen LogP contribution in [0.4, 0.5) is 11.4 Å². The van der Waals surface area contributed by atoms with Crippen LogP contribution in [-0.2, 0) is 4.79 Å². The zero-order valence-corrected chi connectivity index (χ0v) is 13.4. The topological polar surface area (TPSA) is 41.6 Å². The summed E-state index contributed by atoms with van der Waals surface area (Å²) >= 11 is 0. The molecule has 0 radical (unpaired) electrons. The molecule has 0 saturated carbocycles. The maximum absolute atomic E-state index is 12.5. The Labute approximate surface area is 137 Å². The minimum Gasteiger partial charge on any atom is -0.487 e. The molecule has 0 heterocycles. The van der Waals surface area contributed by atoms with Gasteiger partial charge in [-0.2, -0.15) is 0 Å². The SMILES string of the molecule is C=CCOc1ccccc1NCC(=O)N(CC)c1ccccc1. The summed E-state index contributed by atoms with van der Waals surface area (Å²) in [6, 6.07) is 17.2. The lowest BCUT2D eigenvalue weighted by Gasteiger charge is -2.22. The number of anilines is 2. The Morgan fingerprint density at radius 1 is 1.17 bits per heavy atom. The fourth-order valence-electron chi connectivity index (χ4n) is 2.26. The Kier molecular flexibility index (Phi) is 6.24. The van der Waals surface area contributed by atoms with Gasteiger partial charge in [0.05, 0.1) is 12.2 Å². The average molecular weight is 310 g/mol. The number of carbonyl (C=O) groups excluding carboxylic acids is 1. The first-order chi connectivity index (χ1) is 11.3. The van der Waals surface area contributed by atoms with Crippen molar-refractivity contribution in [1.82, 2.24) is 0 Å². The van der Waals surface area contributed by atoms with Gasteiger partial charge in [0, 0.05) is 12.2 Å². The molecule has 2 aromatic carbocycles. The van der Waals surface area contributed by atoms with Gasteiger partial charge in [-0.3, -0.25) is 4.79 Å². The number of likely N-dealkylation sites (N-methyl/N-ethyl adjacent to an activating group) is 1. The van der Waals surface area contributed by atoms with Crippen molar-refractivity contribution < 1.29 is 9.53 Å². The Bertz CT molecular complexity index is 641. The van der Waals surface area contributed by atoms with E-state index in [1.165, 1.54) is 0 Å². The molecule has 0 aliphatic heterocycles. The average Bonchev–Trinajstić information content (AvgIpc) is 2.60. The van der Waals surface area contributed by atoms with Crippen LogP contribution in [0.2, 0.25) is 0 Å². The van der Waals surface area contributed by atoms with Gasteiger partial charge in [0.25, 0.3) is 0 Å². The molecule has 4 heteroatoms. The predicted octanol–water partition coefficient (Wildman–Crippen LogP) is 3.72. The summed E-state index contributed by atoms with van der Waals surface area (Å²) in [5.74, 6) is 0.722. The van der Waals surface area contributed by atoms with Gasteiger partial charge in [-0.1, -0.05) is 43.0 Å². The highest BCUT2D eigenvalue weighted by atomic mass is 16.5. The van der Waals surface area contributed by atoms with E-state index in [0.717, 1.165) is 11.4 Å². The third kappa shape index (κ3) is 4.61. The molecule has 1 amide bonds. The molecule has 0 aliphatic rings. The second kappa shape index (κ2) is 8.63. The van der Waals surface area contributed by atoms with Gasteiger partial charge >= 0.3 is 0 Å². The highest BCUT2D eigenvalue weighted by Gasteiger charge is 2.14. The van der Waals surface area contributed by atoms with Crippen LogP contribution in [0.1, 0.15) is 6.92 Å². The van der Waals surface area contributed by atoms with E-state index in [1.54, 1.807) is 11.0 Å². The van der Waals surface area contributed by atoms with Crippen molar-refractivity contribution in [2.75, 3.05) is 29.9 Å². The Hall–Kier alpha value is -2.75. The fourth-order valence-corrected chi connectivity index (χ4v) is 2.26. The van der Waals surface area contributed by atoms with E-state index in [0.29, 0.717) is 18.9 Å². The van der Waals surface area contributed by atoms with Crippen LogP contribution in [0.5, 0.6) is 5.75 Å². The monoisotopic (exact) mass is 310 g/mol. The van der Waals surface area contributed by atoms with Crippen LogP contribution in [-0.4, -0.2) is 25.6 Å².